The Kier molecular flexibility index (Phi) is 3.62. The summed E-state index contributed by atoms with van der Waals surface area (Å²) in [7, 11) is 1.60. The van der Waals surface area contributed by atoms with Crippen LogP contribution < -0.4 is 4.90 Å². The number of ether oxygens (including phenoxy) is 1. The number of benzene rings is 1. The Labute approximate surface area is 105 Å². The zero-order valence-corrected chi connectivity index (χ0v) is 10.1. The van der Waals surface area contributed by atoms with Gasteiger partial charge in [-0.15, -0.1) is 0 Å². The molecule has 5 nitrogen and oxygen atoms in total. The van der Waals surface area contributed by atoms with E-state index in [0.29, 0.717) is 25.3 Å². The van der Waals surface area contributed by atoms with Crippen LogP contribution in [0.4, 0.5) is 5.69 Å². The minimum atomic E-state index is -1.03. The van der Waals surface area contributed by atoms with E-state index < -0.39 is 5.97 Å². The van der Waals surface area contributed by atoms with Gasteiger partial charge in [-0.2, -0.15) is 0 Å². The van der Waals surface area contributed by atoms with Gasteiger partial charge in [-0.3, -0.25) is 4.79 Å². The predicted octanol–water partition coefficient (Wildman–Crippen LogP) is 1.38. The first-order valence-electron chi connectivity index (χ1n) is 5.79. The predicted molar refractivity (Wildman–Crippen MR) is 65.7 cm³/mol. The summed E-state index contributed by atoms with van der Waals surface area (Å²) in [6.45, 7) is 1.00. The van der Waals surface area contributed by atoms with E-state index in [2.05, 4.69) is 0 Å². The van der Waals surface area contributed by atoms with Gasteiger partial charge in [-0.25, -0.2) is 4.79 Å². The van der Waals surface area contributed by atoms with Crippen molar-refractivity contribution in [2.24, 2.45) is 5.92 Å². The number of para-hydroxylation sites is 1. The number of anilines is 1. The molecule has 0 aromatic heterocycles. The second-order valence-corrected chi connectivity index (χ2v) is 4.28. The van der Waals surface area contributed by atoms with Crippen molar-refractivity contribution < 1.29 is 19.4 Å². The topological polar surface area (TPSA) is 66.8 Å². The maximum Gasteiger partial charge on any atom is 0.337 e. The van der Waals surface area contributed by atoms with Crippen molar-refractivity contribution in [3.8, 4) is 0 Å². The number of hydrogen-bond donors (Lipinski definition) is 1. The van der Waals surface area contributed by atoms with Crippen LogP contribution in [0.2, 0.25) is 0 Å². The van der Waals surface area contributed by atoms with Gasteiger partial charge < -0.3 is 14.7 Å². The Morgan fingerprint density at radius 2 is 2.11 bits per heavy atom. The summed E-state index contributed by atoms with van der Waals surface area (Å²) in [5, 5.41) is 9.10. The lowest BCUT2D eigenvalue weighted by Gasteiger charge is -2.21. The number of carbonyl (C=O) groups excluding carboxylic acids is 1. The van der Waals surface area contributed by atoms with Gasteiger partial charge in [0.15, 0.2) is 0 Å². The molecule has 96 valence electrons. The van der Waals surface area contributed by atoms with Crippen LogP contribution in [0.25, 0.3) is 0 Å². The fraction of sp³-hybridized carbons (Fsp3) is 0.385. The lowest BCUT2D eigenvalue weighted by atomic mass is 10.1. The molecular weight excluding hydrogens is 234 g/mol. The van der Waals surface area contributed by atoms with E-state index in [1.807, 2.05) is 0 Å². The fourth-order valence-corrected chi connectivity index (χ4v) is 2.07. The van der Waals surface area contributed by atoms with Crippen LogP contribution in [0.15, 0.2) is 24.3 Å². The zero-order valence-electron chi connectivity index (χ0n) is 10.1. The second-order valence-electron chi connectivity index (χ2n) is 4.28. The van der Waals surface area contributed by atoms with Crippen LogP contribution >= 0.6 is 0 Å². The minimum Gasteiger partial charge on any atom is -0.478 e. The molecule has 1 aromatic rings. The SMILES string of the molecule is CN(C(=O)C1CCOC1)c1ccccc1C(=O)O. The number of carbonyl (C=O) groups is 2. The van der Waals surface area contributed by atoms with Gasteiger partial charge >= 0.3 is 5.97 Å². The average molecular weight is 249 g/mol. The Morgan fingerprint density at radius 1 is 1.39 bits per heavy atom. The molecule has 0 spiro atoms. The number of carboxylic acid groups (broad SMARTS) is 1. The van der Waals surface area contributed by atoms with E-state index in [4.69, 9.17) is 9.84 Å². The van der Waals surface area contributed by atoms with E-state index in [-0.39, 0.29) is 17.4 Å². The molecule has 1 aliphatic rings. The lowest BCUT2D eigenvalue weighted by Crippen LogP contribution is -2.34. The van der Waals surface area contributed by atoms with Crippen LogP contribution in [0, 0.1) is 5.92 Å². The molecule has 1 aromatic carbocycles. The molecule has 1 aliphatic heterocycles. The molecule has 0 bridgehead atoms. The van der Waals surface area contributed by atoms with E-state index >= 15 is 0 Å². The van der Waals surface area contributed by atoms with Gasteiger partial charge in [-0.05, 0) is 18.6 Å². The smallest absolute Gasteiger partial charge is 0.337 e. The molecule has 1 saturated heterocycles. The average Bonchev–Trinajstić information content (AvgIpc) is 2.90. The molecule has 5 heteroatoms. The second kappa shape index (κ2) is 5.18. The third-order valence-corrected chi connectivity index (χ3v) is 3.11. The van der Waals surface area contributed by atoms with Crippen molar-refractivity contribution in [3.63, 3.8) is 0 Å². The highest BCUT2D eigenvalue weighted by Crippen LogP contribution is 2.23. The Balaban J connectivity index is 2.25. The summed E-state index contributed by atoms with van der Waals surface area (Å²) >= 11 is 0. The number of carboxylic acids is 1. The molecule has 1 heterocycles. The van der Waals surface area contributed by atoms with E-state index in [1.54, 1.807) is 25.2 Å². The molecule has 1 unspecified atom stereocenters. The Bertz CT molecular complexity index is 466. The van der Waals surface area contributed by atoms with Crippen LogP contribution in [-0.2, 0) is 9.53 Å². The molecule has 18 heavy (non-hydrogen) atoms. The first kappa shape index (κ1) is 12.6. The first-order chi connectivity index (χ1) is 8.61. The number of aromatic carboxylic acids is 1. The van der Waals surface area contributed by atoms with Crippen molar-refractivity contribution >= 4 is 17.6 Å². The summed E-state index contributed by atoms with van der Waals surface area (Å²) in [4.78, 5) is 24.7. The molecule has 1 atom stereocenters. The molecular formula is C13H15NO4. The summed E-state index contributed by atoms with van der Waals surface area (Å²) in [6, 6.07) is 6.49. The van der Waals surface area contributed by atoms with Crippen molar-refractivity contribution in [2.75, 3.05) is 25.2 Å². The van der Waals surface area contributed by atoms with Crippen LogP contribution in [0.1, 0.15) is 16.8 Å². The maximum absolute atomic E-state index is 12.2. The normalized spacial score (nSPS) is 18.6. The lowest BCUT2D eigenvalue weighted by molar-refractivity contribution is -0.122. The molecule has 0 aliphatic carbocycles. The van der Waals surface area contributed by atoms with Crippen molar-refractivity contribution in [1.82, 2.24) is 0 Å². The zero-order chi connectivity index (χ0) is 13.1. The summed E-state index contributed by atoms with van der Waals surface area (Å²) in [5.74, 6) is -1.30. The van der Waals surface area contributed by atoms with Gasteiger partial charge in [0, 0.05) is 13.7 Å². The fourth-order valence-electron chi connectivity index (χ4n) is 2.07. The third kappa shape index (κ3) is 2.36. The number of hydrogen-bond acceptors (Lipinski definition) is 3. The largest absolute Gasteiger partial charge is 0.478 e. The van der Waals surface area contributed by atoms with Gasteiger partial charge in [-0.1, -0.05) is 12.1 Å². The van der Waals surface area contributed by atoms with Crippen LogP contribution in [-0.4, -0.2) is 37.2 Å². The van der Waals surface area contributed by atoms with Gasteiger partial charge in [0.05, 0.1) is 23.8 Å². The molecule has 1 amide bonds. The van der Waals surface area contributed by atoms with E-state index in [1.165, 1.54) is 11.0 Å². The molecule has 0 radical (unpaired) electrons. The highest BCUT2D eigenvalue weighted by atomic mass is 16.5. The standard InChI is InChI=1S/C13H15NO4/c1-14(12(15)9-6-7-18-8-9)11-5-3-2-4-10(11)13(16)17/h2-5,9H,6-8H2,1H3,(H,16,17). The highest BCUT2D eigenvalue weighted by Gasteiger charge is 2.28. The van der Waals surface area contributed by atoms with Crippen molar-refractivity contribution in [1.29, 1.82) is 0 Å². The maximum atomic E-state index is 12.2. The summed E-state index contributed by atoms with van der Waals surface area (Å²) in [5.41, 5.74) is 0.550. The summed E-state index contributed by atoms with van der Waals surface area (Å²) in [6.07, 6.45) is 0.693. The number of nitrogens with zero attached hydrogens (tertiary/aromatic N) is 1. The van der Waals surface area contributed by atoms with Gasteiger partial charge in [0.2, 0.25) is 5.91 Å². The third-order valence-electron chi connectivity index (χ3n) is 3.11. The van der Waals surface area contributed by atoms with Crippen LogP contribution in [0.5, 0.6) is 0 Å². The number of rotatable bonds is 3. The summed E-state index contributed by atoms with van der Waals surface area (Å²) < 4.78 is 5.18. The van der Waals surface area contributed by atoms with Crippen LogP contribution in [0.3, 0.4) is 0 Å². The monoisotopic (exact) mass is 249 g/mol. The highest BCUT2D eigenvalue weighted by molar-refractivity contribution is 6.02. The van der Waals surface area contributed by atoms with Crippen molar-refractivity contribution in [2.45, 2.75) is 6.42 Å². The first-order valence-corrected chi connectivity index (χ1v) is 5.79. The molecule has 1 fully saturated rings. The van der Waals surface area contributed by atoms with Gasteiger partial charge in [0.25, 0.3) is 0 Å². The van der Waals surface area contributed by atoms with Crippen molar-refractivity contribution in [3.05, 3.63) is 29.8 Å². The Morgan fingerprint density at radius 3 is 2.72 bits per heavy atom. The van der Waals surface area contributed by atoms with Gasteiger partial charge in [0.1, 0.15) is 0 Å². The van der Waals surface area contributed by atoms with E-state index in [0.717, 1.165) is 0 Å². The number of amides is 1. The molecule has 2 rings (SSSR count). The Hall–Kier alpha value is -1.88. The quantitative estimate of drug-likeness (QED) is 0.879. The molecule has 0 saturated carbocycles. The molecule has 1 N–H and O–H groups in total. The van der Waals surface area contributed by atoms with E-state index in [9.17, 15) is 9.59 Å². The minimum absolute atomic E-state index is 0.0961.